The smallest absolute Gasteiger partial charge is 0.243 e. The average molecular weight is 294 g/mol. The van der Waals surface area contributed by atoms with Gasteiger partial charge in [-0.15, -0.1) is 0 Å². The second-order valence-corrected chi connectivity index (χ2v) is 5.39. The molecular formula is C14H22N4O3. The predicted molar refractivity (Wildman–Crippen MR) is 77.8 cm³/mol. The summed E-state index contributed by atoms with van der Waals surface area (Å²) >= 11 is 0. The summed E-state index contributed by atoms with van der Waals surface area (Å²) in [6, 6.07) is 1.41. The van der Waals surface area contributed by atoms with Gasteiger partial charge in [-0.05, 0) is 20.3 Å². The lowest BCUT2D eigenvalue weighted by molar-refractivity contribution is -0.128. The van der Waals surface area contributed by atoms with Crippen LogP contribution in [-0.2, 0) is 9.59 Å². The number of anilines is 1. The van der Waals surface area contributed by atoms with E-state index in [4.69, 9.17) is 4.52 Å². The Bertz CT molecular complexity index is 514. The number of aryl methyl sites for hydroxylation is 1. The van der Waals surface area contributed by atoms with Gasteiger partial charge in [-0.3, -0.25) is 19.8 Å². The number of nitrogens with zero attached hydrogens (tertiary/aromatic N) is 3. The summed E-state index contributed by atoms with van der Waals surface area (Å²) in [4.78, 5) is 27.6. The third-order valence-electron chi connectivity index (χ3n) is 3.78. The van der Waals surface area contributed by atoms with Crippen molar-refractivity contribution in [2.45, 2.75) is 33.2 Å². The van der Waals surface area contributed by atoms with Crippen molar-refractivity contribution in [2.75, 3.05) is 31.5 Å². The van der Waals surface area contributed by atoms with Gasteiger partial charge in [0.1, 0.15) is 0 Å². The second kappa shape index (κ2) is 6.71. The molecule has 1 aromatic heterocycles. The van der Waals surface area contributed by atoms with Crippen molar-refractivity contribution in [1.82, 2.24) is 15.0 Å². The van der Waals surface area contributed by atoms with Gasteiger partial charge in [0, 0.05) is 39.2 Å². The highest BCUT2D eigenvalue weighted by molar-refractivity contribution is 5.93. The lowest BCUT2D eigenvalue weighted by atomic mass is 10.2. The molecule has 0 aliphatic carbocycles. The van der Waals surface area contributed by atoms with Crippen LogP contribution in [-0.4, -0.2) is 59.0 Å². The van der Waals surface area contributed by atoms with Crippen molar-refractivity contribution in [3.63, 3.8) is 0 Å². The molecule has 0 unspecified atom stereocenters. The Balaban J connectivity index is 1.91. The minimum absolute atomic E-state index is 0.0890. The number of rotatable bonds is 3. The number of aromatic nitrogens is 1. The predicted octanol–water partition coefficient (Wildman–Crippen LogP) is 0.864. The van der Waals surface area contributed by atoms with Gasteiger partial charge in [-0.1, -0.05) is 5.16 Å². The summed E-state index contributed by atoms with van der Waals surface area (Å²) < 4.78 is 4.99. The SMILES string of the molecule is CC(=O)N1CCCN([C@@H](C)C(=O)Nc2cc(C)no2)CC1. The molecule has 0 radical (unpaired) electrons. The highest BCUT2D eigenvalue weighted by atomic mass is 16.5. The number of hydrogen-bond acceptors (Lipinski definition) is 5. The first-order valence-corrected chi connectivity index (χ1v) is 7.21. The van der Waals surface area contributed by atoms with Crippen molar-refractivity contribution in [3.05, 3.63) is 11.8 Å². The van der Waals surface area contributed by atoms with Crippen molar-refractivity contribution in [1.29, 1.82) is 0 Å². The Morgan fingerprint density at radius 1 is 1.33 bits per heavy atom. The monoisotopic (exact) mass is 294 g/mol. The van der Waals surface area contributed by atoms with Crippen LogP contribution in [0.15, 0.2) is 10.6 Å². The molecule has 1 aliphatic heterocycles. The van der Waals surface area contributed by atoms with Crippen LogP contribution in [0.1, 0.15) is 26.0 Å². The van der Waals surface area contributed by atoms with Crippen LogP contribution in [0.25, 0.3) is 0 Å². The Morgan fingerprint density at radius 2 is 2.10 bits per heavy atom. The third kappa shape index (κ3) is 4.04. The van der Waals surface area contributed by atoms with E-state index in [0.717, 1.165) is 25.2 Å². The molecule has 2 amide bonds. The van der Waals surface area contributed by atoms with E-state index in [2.05, 4.69) is 15.4 Å². The fourth-order valence-electron chi connectivity index (χ4n) is 2.45. The molecule has 1 fully saturated rings. The highest BCUT2D eigenvalue weighted by Crippen LogP contribution is 2.12. The van der Waals surface area contributed by atoms with Gasteiger partial charge in [0.15, 0.2) is 0 Å². The van der Waals surface area contributed by atoms with E-state index in [9.17, 15) is 9.59 Å². The molecule has 0 spiro atoms. The van der Waals surface area contributed by atoms with Crippen molar-refractivity contribution in [3.8, 4) is 0 Å². The number of hydrogen-bond donors (Lipinski definition) is 1. The molecule has 1 aliphatic rings. The Labute approximate surface area is 124 Å². The summed E-state index contributed by atoms with van der Waals surface area (Å²) in [6.45, 7) is 8.15. The molecule has 21 heavy (non-hydrogen) atoms. The molecule has 116 valence electrons. The Hall–Kier alpha value is -1.89. The van der Waals surface area contributed by atoms with Crippen molar-refractivity contribution >= 4 is 17.7 Å². The van der Waals surface area contributed by atoms with Gasteiger partial charge in [0.05, 0.1) is 11.7 Å². The van der Waals surface area contributed by atoms with Crippen molar-refractivity contribution in [2.24, 2.45) is 0 Å². The molecule has 7 nitrogen and oxygen atoms in total. The maximum absolute atomic E-state index is 12.2. The maximum atomic E-state index is 12.2. The molecule has 7 heteroatoms. The van der Waals surface area contributed by atoms with Crippen LogP contribution in [0.3, 0.4) is 0 Å². The van der Waals surface area contributed by atoms with E-state index in [0.29, 0.717) is 19.0 Å². The number of amides is 2. The van der Waals surface area contributed by atoms with Gasteiger partial charge in [0.25, 0.3) is 0 Å². The van der Waals surface area contributed by atoms with E-state index in [1.807, 2.05) is 11.8 Å². The zero-order valence-corrected chi connectivity index (χ0v) is 12.8. The molecule has 1 saturated heterocycles. The molecular weight excluding hydrogens is 272 g/mol. The van der Waals surface area contributed by atoms with Crippen LogP contribution < -0.4 is 5.32 Å². The summed E-state index contributed by atoms with van der Waals surface area (Å²) in [5, 5.41) is 6.46. The molecule has 2 heterocycles. The Morgan fingerprint density at radius 3 is 2.71 bits per heavy atom. The lowest BCUT2D eigenvalue weighted by Crippen LogP contribution is -2.44. The van der Waals surface area contributed by atoms with E-state index >= 15 is 0 Å². The number of nitrogens with one attached hydrogen (secondary N) is 1. The summed E-state index contributed by atoms with van der Waals surface area (Å²) in [5.74, 6) is 0.332. The first-order chi connectivity index (χ1) is 9.97. The number of carbonyl (C=O) groups excluding carboxylic acids is 2. The first-order valence-electron chi connectivity index (χ1n) is 7.21. The van der Waals surface area contributed by atoms with Gasteiger partial charge >= 0.3 is 0 Å². The molecule has 2 rings (SSSR count). The van der Waals surface area contributed by atoms with Crippen LogP contribution in [0.2, 0.25) is 0 Å². The molecule has 1 atom stereocenters. The second-order valence-electron chi connectivity index (χ2n) is 5.39. The topological polar surface area (TPSA) is 78.7 Å². The van der Waals surface area contributed by atoms with Gasteiger partial charge in [-0.25, -0.2) is 0 Å². The van der Waals surface area contributed by atoms with E-state index in [1.54, 1.807) is 19.9 Å². The quantitative estimate of drug-likeness (QED) is 0.894. The molecule has 0 saturated carbocycles. The average Bonchev–Trinajstić information content (AvgIpc) is 2.71. The van der Waals surface area contributed by atoms with Gasteiger partial charge in [-0.2, -0.15) is 0 Å². The maximum Gasteiger partial charge on any atom is 0.243 e. The summed E-state index contributed by atoms with van der Waals surface area (Å²) in [5.41, 5.74) is 0.727. The normalized spacial score (nSPS) is 18.1. The minimum atomic E-state index is -0.276. The molecule has 1 N–H and O–H groups in total. The van der Waals surface area contributed by atoms with E-state index in [1.165, 1.54) is 0 Å². The van der Waals surface area contributed by atoms with Crippen LogP contribution in [0.5, 0.6) is 0 Å². The molecule has 0 bridgehead atoms. The minimum Gasteiger partial charge on any atom is -0.342 e. The first kappa shape index (κ1) is 15.5. The van der Waals surface area contributed by atoms with Crippen LogP contribution in [0.4, 0.5) is 5.88 Å². The largest absolute Gasteiger partial charge is 0.342 e. The lowest BCUT2D eigenvalue weighted by Gasteiger charge is -2.26. The summed E-state index contributed by atoms with van der Waals surface area (Å²) in [6.07, 6.45) is 0.874. The fourth-order valence-corrected chi connectivity index (χ4v) is 2.45. The van der Waals surface area contributed by atoms with Crippen molar-refractivity contribution < 1.29 is 14.1 Å². The zero-order chi connectivity index (χ0) is 15.4. The van der Waals surface area contributed by atoms with E-state index < -0.39 is 0 Å². The summed E-state index contributed by atoms with van der Waals surface area (Å²) in [7, 11) is 0. The van der Waals surface area contributed by atoms with Crippen LogP contribution >= 0.6 is 0 Å². The number of carbonyl (C=O) groups is 2. The molecule has 0 aromatic carbocycles. The zero-order valence-electron chi connectivity index (χ0n) is 12.8. The van der Waals surface area contributed by atoms with Gasteiger partial charge < -0.3 is 9.42 Å². The van der Waals surface area contributed by atoms with Crippen LogP contribution in [0, 0.1) is 6.92 Å². The van der Waals surface area contributed by atoms with E-state index in [-0.39, 0.29) is 17.9 Å². The standard InChI is InChI=1S/C14H22N4O3/c1-10-9-13(21-16-10)15-14(20)11(2)17-5-4-6-18(8-7-17)12(3)19/h9,11H,4-8H2,1-3H3,(H,15,20)/t11-/m0/s1. The highest BCUT2D eigenvalue weighted by Gasteiger charge is 2.25. The van der Waals surface area contributed by atoms with Gasteiger partial charge in [0.2, 0.25) is 17.7 Å². The fraction of sp³-hybridized carbons (Fsp3) is 0.643. The molecule has 1 aromatic rings. The third-order valence-corrected chi connectivity index (χ3v) is 3.78. The Kier molecular flexibility index (Phi) is 4.95.